The molecule has 3 heterocycles. The van der Waals surface area contributed by atoms with Crippen LogP contribution in [-0.2, 0) is 14.3 Å². The fraction of sp³-hybridized carbons (Fsp3) is 0.409. The number of amides is 4. The summed E-state index contributed by atoms with van der Waals surface area (Å²) < 4.78 is 29.4. The molecule has 0 spiro atoms. The molecule has 1 aromatic carbocycles. The minimum atomic E-state index is -0.641. The number of piperazine rings is 1. The topological polar surface area (TPSA) is 147 Å². The smallest absolute Gasteiger partial charge is 0.414 e. The predicted octanol–water partition coefficient (Wildman–Crippen LogP) is 0.573. The van der Waals surface area contributed by atoms with E-state index in [-0.39, 0.29) is 31.3 Å². The van der Waals surface area contributed by atoms with Gasteiger partial charge in [0.15, 0.2) is 0 Å². The van der Waals surface area contributed by atoms with Crippen molar-refractivity contribution in [1.29, 1.82) is 0 Å². The molecule has 1 aromatic heterocycles. The van der Waals surface area contributed by atoms with Crippen molar-refractivity contribution < 1.29 is 37.6 Å². The molecular weight excluding hydrogens is 479 g/mol. The van der Waals surface area contributed by atoms with Gasteiger partial charge in [-0.05, 0) is 18.2 Å². The number of halogens is 1. The van der Waals surface area contributed by atoms with Crippen LogP contribution in [0.4, 0.5) is 25.4 Å². The Bertz CT molecular complexity index is 1120. The van der Waals surface area contributed by atoms with Crippen LogP contribution in [0.2, 0.25) is 0 Å². The molecule has 2 N–H and O–H groups in total. The van der Waals surface area contributed by atoms with E-state index < -0.39 is 30.0 Å². The summed E-state index contributed by atoms with van der Waals surface area (Å²) in [5.41, 5.74) is 0.680. The molecule has 4 rings (SSSR count). The largest absolute Gasteiger partial charge is 0.453 e. The van der Waals surface area contributed by atoms with Gasteiger partial charge in [-0.1, -0.05) is 5.16 Å². The Kier molecular flexibility index (Phi) is 7.51. The fourth-order valence-electron chi connectivity index (χ4n) is 3.91. The van der Waals surface area contributed by atoms with Gasteiger partial charge in [0, 0.05) is 32.2 Å². The van der Waals surface area contributed by atoms with Crippen molar-refractivity contribution in [2.75, 3.05) is 62.7 Å². The van der Waals surface area contributed by atoms with Gasteiger partial charge in [-0.15, -0.1) is 0 Å². The zero-order chi connectivity index (χ0) is 25.7. The lowest BCUT2D eigenvalue weighted by atomic mass is 10.2. The Balaban J connectivity index is 1.28. The Morgan fingerprint density at radius 1 is 1.17 bits per heavy atom. The number of nitrogens with zero attached hydrogens (tertiary/aromatic N) is 4. The van der Waals surface area contributed by atoms with Crippen molar-refractivity contribution in [2.45, 2.75) is 6.10 Å². The first kappa shape index (κ1) is 24.8. The van der Waals surface area contributed by atoms with Crippen LogP contribution in [0, 0.1) is 5.82 Å². The van der Waals surface area contributed by atoms with Crippen molar-refractivity contribution in [3.63, 3.8) is 0 Å². The van der Waals surface area contributed by atoms with Gasteiger partial charge in [-0.2, -0.15) is 0 Å². The molecule has 0 radical (unpaired) electrons. The molecule has 36 heavy (non-hydrogen) atoms. The molecule has 0 bridgehead atoms. The van der Waals surface area contributed by atoms with E-state index in [4.69, 9.17) is 9.26 Å². The third kappa shape index (κ3) is 5.64. The van der Waals surface area contributed by atoms with Gasteiger partial charge in [0.05, 0.1) is 44.3 Å². The standard InChI is InChI=1S/C22H25FN6O7/c1-34-21(32)25-11-15-13-29(22(33)35-15)14-2-3-17(16(23)10-14)27-6-8-28(9-7-27)19(30)12-24-20(31)18-4-5-26-36-18/h2-5,10,15H,6-9,11-13H2,1H3,(H,24,31)(H,25,32)/t15-/m0/s1. The second-order valence-electron chi connectivity index (χ2n) is 8.05. The molecule has 4 amide bonds. The van der Waals surface area contributed by atoms with Crippen LogP contribution in [0.5, 0.6) is 0 Å². The van der Waals surface area contributed by atoms with E-state index in [1.165, 1.54) is 30.3 Å². The number of hydrogen-bond acceptors (Lipinski definition) is 9. The average molecular weight is 504 g/mol. The normalized spacial score (nSPS) is 17.6. The van der Waals surface area contributed by atoms with Gasteiger partial charge in [0.25, 0.3) is 5.91 Å². The van der Waals surface area contributed by atoms with Crippen LogP contribution >= 0.6 is 0 Å². The van der Waals surface area contributed by atoms with Crippen LogP contribution in [0.1, 0.15) is 10.6 Å². The molecule has 2 aliphatic heterocycles. The molecule has 2 aromatic rings. The number of ether oxygens (including phenoxy) is 2. The predicted molar refractivity (Wildman–Crippen MR) is 122 cm³/mol. The first-order valence-corrected chi connectivity index (χ1v) is 11.2. The Hall–Kier alpha value is -4.36. The maximum atomic E-state index is 15.0. The quantitative estimate of drug-likeness (QED) is 0.553. The number of benzene rings is 1. The highest BCUT2D eigenvalue weighted by Crippen LogP contribution is 2.28. The van der Waals surface area contributed by atoms with Gasteiger partial charge in [-0.25, -0.2) is 14.0 Å². The van der Waals surface area contributed by atoms with E-state index in [1.807, 2.05) is 0 Å². The zero-order valence-electron chi connectivity index (χ0n) is 19.4. The van der Waals surface area contributed by atoms with E-state index in [0.717, 1.165) is 0 Å². The van der Waals surface area contributed by atoms with Gasteiger partial charge in [-0.3, -0.25) is 14.5 Å². The molecule has 13 nitrogen and oxygen atoms in total. The van der Waals surface area contributed by atoms with Crippen molar-refractivity contribution in [3.05, 3.63) is 42.0 Å². The first-order chi connectivity index (χ1) is 17.4. The number of carbonyl (C=O) groups is 4. The molecule has 14 heteroatoms. The molecule has 2 saturated heterocycles. The summed E-state index contributed by atoms with van der Waals surface area (Å²) in [7, 11) is 1.23. The number of methoxy groups -OCH3 is 1. The number of carbonyl (C=O) groups excluding carboxylic acids is 4. The highest BCUT2D eigenvalue weighted by atomic mass is 19.1. The summed E-state index contributed by atoms with van der Waals surface area (Å²) in [6, 6.07) is 5.84. The number of anilines is 2. The SMILES string of the molecule is COC(=O)NC[C@H]1CN(c2ccc(N3CCN(C(=O)CNC(=O)c4ccno4)CC3)c(F)c2)C(=O)O1. The summed E-state index contributed by atoms with van der Waals surface area (Å²) in [6.45, 7) is 1.52. The fourth-order valence-corrected chi connectivity index (χ4v) is 3.91. The summed E-state index contributed by atoms with van der Waals surface area (Å²) >= 11 is 0. The van der Waals surface area contributed by atoms with Crippen molar-refractivity contribution in [1.82, 2.24) is 20.7 Å². The third-order valence-electron chi connectivity index (χ3n) is 5.81. The molecule has 2 fully saturated rings. The molecule has 192 valence electrons. The summed E-state index contributed by atoms with van der Waals surface area (Å²) in [4.78, 5) is 52.4. The van der Waals surface area contributed by atoms with E-state index >= 15 is 0 Å². The summed E-state index contributed by atoms with van der Waals surface area (Å²) in [5.74, 6) is -1.30. The van der Waals surface area contributed by atoms with Gasteiger partial charge >= 0.3 is 12.2 Å². The van der Waals surface area contributed by atoms with Gasteiger partial charge < -0.3 is 34.4 Å². The second-order valence-corrected chi connectivity index (χ2v) is 8.05. The minimum Gasteiger partial charge on any atom is -0.453 e. The number of rotatable bonds is 7. The molecule has 0 unspecified atom stereocenters. The molecule has 0 saturated carbocycles. The van der Waals surface area contributed by atoms with Crippen LogP contribution in [0.25, 0.3) is 0 Å². The van der Waals surface area contributed by atoms with Gasteiger partial charge in [0.1, 0.15) is 11.9 Å². The maximum absolute atomic E-state index is 15.0. The van der Waals surface area contributed by atoms with Crippen LogP contribution in [-0.4, -0.2) is 93.1 Å². The number of cyclic esters (lactones) is 1. The number of hydrogen-bond donors (Lipinski definition) is 2. The molecule has 1 atom stereocenters. The third-order valence-corrected chi connectivity index (χ3v) is 5.81. The van der Waals surface area contributed by atoms with Gasteiger partial charge in [0.2, 0.25) is 11.7 Å². The lowest BCUT2D eigenvalue weighted by Gasteiger charge is -2.36. The molecule has 2 aliphatic rings. The minimum absolute atomic E-state index is 0.0158. The highest BCUT2D eigenvalue weighted by molar-refractivity contribution is 5.94. The highest BCUT2D eigenvalue weighted by Gasteiger charge is 2.33. The number of alkyl carbamates (subject to hydrolysis) is 1. The van der Waals surface area contributed by atoms with E-state index in [2.05, 4.69) is 20.5 Å². The van der Waals surface area contributed by atoms with Crippen LogP contribution < -0.4 is 20.4 Å². The molecule has 0 aliphatic carbocycles. The summed E-state index contributed by atoms with van der Waals surface area (Å²) in [5, 5.41) is 8.39. The van der Waals surface area contributed by atoms with E-state index in [1.54, 1.807) is 21.9 Å². The zero-order valence-corrected chi connectivity index (χ0v) is 19.4. The van der Waals surface area contributed by atoms with Crippen LogP contribution in [0.15, 0.2) is 35.0 Å². The van der Waals surface area contributed by atoms with Crippen LogP contribution in [0.3, 0.4) is 0 Å². The number of aromatic nitrogens is 1. The van der Waals surface area contributed by atoms with E-state index in [0.29, 0.717) is 37.6 Å². The average Bonchev–Trinajstić information content (AvgIpc) is 3.56. The maximum Gasteiger partial charge on any atom is 0.414 e. The second kappa shape index (κ2) is 10.9. The lowest BCUT2D eigenvalue weighted by Crippen LogP contribution is -2.51. The summed E-state index contributed by atoms with van der Waals surface area (Å²) in [6.07, 6.45) is -0.537. The van der Waals surface area contributed by atoms with Crippen molar-refractivity contribution in [3.8, 4) is 0 Å². The van der Waals surface area contributed by atoms with E-state index in [9.17, 15) is 23.6 Å². The molecular formula is C22H25FN6O7. The Labute approximate surface area is 205 Å². The monoisotopic (exact) mass is 504 g/mol. The Morgan fingerprint density at radius 2 is 1.94 bits per heavy atom. The Morgan fingerprint density at radius 3 is 2.61 bits per heavy atom. The van der Waals surface area contributed by atoms with Crippen molar-refractivity contribution in [2.24, 2.45) is 0 Å². The lowest BCUT2D eigenvalue weighted by molar-refractivity contribution is -0.130. The number of nitrogens with one attached hydrogen (secondary N) is 2. The van der Waals surface area contributed by atoms with Crippen molar-refractivity contribution >= 4 is 35.4 Å². The first-order valence-electron chi connectivity index (χ1n) is 11.2.